The largest absolute Gasteiger partial charge is 0.484 e. The zero-order valence-corrected chi connectivity index (χ0v) is 13.0. The summed E-state index contributed by atoms with van der Waals surface area (Å²) in [7, 11) is 0. The number of ether oxygens (including phenoxy) is 1. The van der Waals surface area contributed by atoms with Gasteiger partial charge < -0.3 is 15.8 Å². The van der Waals surface area contributed by atoms with Crippen molar-refractivity contribution < 1.29 is 22.3 Å². The van der Waals surface area contributed by atoms with E-state index in [2.05, 4.69) is 5.32 Å². The number of rotatable bonds is 2. The molecule has 3 rings (SSSR count). The molecule has 0 aromatic heterocycles. The maximum atomic E-state index is 13.9. The van der Waals surface area contributed by atoms with Crippen molar-refractivity contribution in [3.63, 3.8) is 0 Å². The average molecular weight is 361 g/mol. The third kappa shape index (κ3) is 3.14. The van der Waals surface area contributed by atoms with E-state index >= 15 is 0 Å². The molecule has 0 aliphatic carbocycles. The SMILES string of the molecule is NC[C@@H]1CNc2cc(F)cc(-c3ccc(C(F)(F)F)cc3Cl)c2O1. The molecule has 0 unspecified atom stereocenters. The summed E-state index contributed by atoms with van der Waals surface area (Å²) in [4.78, 5) is 0. The molecule has 2 aromatic rings. The van der Waals surface area contributed by atoms with Gasteiger partial charge in [-0.25, -0.2) is 4.39 Å². The number of benzene rings is 2. The molecule has 3 N–H and O–H groups in total. The summed E-state index contributed by atoms with van der Waals surface area (Å²) in [5.74, 6) is -0.234. The standard InChI is InChI=1S/C16H13ClF4N2O/c17-13-3-8(16(19,20)21)1-2-11(13)12-4-9(18)5-14-15(12)24-10(6-22)7-23-14/h1-5,10,23H,6-7,22H2/t10-/m1/s1. The molecule has 0 bridgehead atoms. The summed E-state index contributed by atoms with van der Waals surface area (Å²) in [6.07, 6.45) is -4.83. The van der Waals surface area contributed by atoms with Crippen LogP contribution >= 0.6 is 11.6 Å². The number of fused-ring (bicyclic) bond motifs is 1. The van der Waals surface area contributed by atoms with Gasteiger partial charge in [-0.1, -0.05) is 17.7 Å². The fraction of sp³-hybridized carbons (Fsp3) is 0.250. The molecule has 3 nitrogen and oxygen atoms in total. The van der Waals surface area contributed by atoms with Crippen LogP contribution in [-0.4, -0.2) is 19.2 Å². The lowest BCUT2D eigenvalue weighted by atomic mass is 10.0. The number of nitrogens with one attached hydrogen (secondary N) is 1. The van der Waals surface area contributed by atoms with E-state index in [1.54, 1.807) is 0 Å². The molecule has 128 valence electrons. The fourth-order valence-electron chi connectivity index (χ4n) is 2.53. The lowest BCUT2D eigenvalue weighted by Gasteiger charge is -2.28. The van der Waals surface area contributed by atoms with Crippen LogP contribution in [0, 0.1) is 5.82 Å². The van der Waals surface area contributed by atoms with Crippen molar-refractivity contribution >= 4 is 17.3 Å². The van der Waals surface area contributed by atoms with Crippen molar-refractivity contribution in [2.75, 3.05) is 18.4 Å². The van der Waals surface area contributed by atoms with Crippen molar-refractivity contribution in [1.82, 2.24) is 0 Å². The van der Waals surface area contributed by atoms with E-state index in [9.17, 15) is 17.6 Å². The summed E-state index contributed by atoms with van der Waals surface area (Å²) in [6.45, 7) is 0.650. The maximum absolute atomic E-state index is 13.9. The molecule has 1 aliphatic rings. The normalized spacial score (nSPS) is 17.0. The molecule has 1 heterocycles. The Hall–Kier alpha value is -1.99. The van der Waals surface area contributed by atoms with Crippen molar-refractivity contribution in [3.8, 4) is 16.9 Å². The highest BCUT2D eigenvalue weighted by molar-refractivity contribution is 6.33. The first kappa shape index (κ1) is 16.9. The van der Waals surface area contributed by atoms with Gasteiger partial charge in [-0.3, -0.25) is 0 Å². The second-order valence-corrected chi connectivity index (χ2v) is 5.79. The quantitative estimate of drug-likeness (QED) is 0.785. The Balaban J connectivity index is 2.12. The zero-order chi connectivity index (χ0) is 17.5. The predicted molar refractivity (Wildman–Crippen MR) is 83.8 cm³/mol. The van der Waals surface area contributed by atoms with Crippen molar-refractivity contribution in [2.24, 2.45) is 5.73 Å². The third-order valence-electron chi connectivity index (χ3n) is 3.71. The monoisotopic (exact) mass is 360 g/mol. The minimum Gasteiger partial charge on any atom is -0.484 e. The minimum atomic E-state index is -4.51. The highest BCUT2D eigenvalue weighted by Crippen LogP contribution is 2.43. The van der Waals surface area contributed by atoms with Gasteiger partial charge in [0, 0.05) is 28.8 Å². The molecule has 2 aromatic carbocycles. The molecule has 0 spiro atoms. The van der Waals surface area contributed by atoms with Gasteiger partial charge in [-0.15, -0.1) is 0 Å². The van der Waals surface area contributed by atoms with Gasteiger partial charge in [-0.2, -0.15) is 13.2 Å². The van der Waals surface area contributed by atoms with Crippen molar-refractivity contribution in [3.05, 3.63) is 46.7 Å². The summed E-state index contributed by atoms with van der Waals surface area (Å²) >= 11 is 6.01. The van der Waals surface area contributed by atoms with Crippen molar-refractivity contribution in [1.29, 1.82) is 0 Å². The van der Waals surface area contributed by atoms with Gasteiger partial charge in [-0.05, 0) is 18.2 Å². The van der Waals surface area contributed by atoms with E-state index in [4.69, 9.17) is 22.1 Å². The van der Waals surface area contributed by atoms with Gasteiger partial charge in [0.25, 0.3) is 0 Å². The summed E-state index contributed by atoms with van der Waals surface area (Å²) in [5, 5.41) is 2.86. The van der Waals surface area contributed by atoms with Crippen LogP contribution < -0.4 is 15.8 Å². The second kappa shape index (κ2) is 6.14. The topological polar surface area (TPSA) is 47.3 Å². The van der Waals surface area contributed by atoms with Crippen LogP contribution in [0.3, 0.4) is 0 Å². The molecule has 0 fully saturated rings. The Morgan fingerprint density at radius 3 is 2.58 bits per heavy atom. The van der Waals surface area contributed by atoms with E-state index in [0.717, 1.165) is 12.1 Å². The summed E-state index contributed by atoms with van der Waals surface area (Å²) in [5.41, 5.74) is 5.64. The molecular weight excluding hydrogens is 348 g/mol. The lowest BCUT2D eigenvalue weighted by molar-refractivity contribution is -0.137. The first-order valence-corrected chi connectivity index (χ1v) is 7.48. The highest BCUT2D eigenvalue weighted by Gasteiger charge is 2.31. The zero-order valence-electron chi connectivity index (χ0n) is 12.3. The van der Waals surface area contributed by atoms with Crippen LogP contribution in [0.15, 0.2) is 30.3 Å². The second-order valence-electron chi connectivity index (χ2n) is 5.38. The van der Waals surface area contributed by atoms with Gasteiger partial charge in [0.05, 0.1) is 17.8 Å². The number of anilines is 1. The van der Waals surface area contributed by atoms with Crippen molar-refractivity contribution in [2.45, 2.75) is 12.3 Å². The van der Waals surface area contributed by atoms with Crippen LogP contribution in [0.1, 0.15) is 5.56 Å². The van der Waals surface area contributed by atoms with E-state index < -0.39 is 17.6 Å². The molecule has 0 radical (unpaired) electrons. The molecule has 1 atom stereocenters. The molecule has 24 heavy (non-hydrogen) atoms. The number of alkyl halides is 3. The Kier molecular flexibility index (Phi) is 4.31. The maximum Gasteiger partial charge on any atom is 0.416 e. The molecule has 1 aliphatic heterocycles. The van der Waals surface area contributed by atoms with Gasteiger partial charge in [0.15, 0.2) is 5.75 Å². The smallest absolute Gasteiger partial charge is 0.416 e. The number of halogens is 5. The first-order chi connectivity index (χ1) is 11.3. The van der Waals surface area contributed by atoms with E-state index in [1.165, 1.54) is 18.2 Å². The summed E-state index contributed by atoms with van der Waals surface area (Å²) < 4.78 is 57.9. The Labute approximate surface area is 140 Å². The van der Waals surface area contributed by atoms with Gasteiger partial charge in [0.1, 0.15) is 11.9 Å². The third-order valence-corrected chi connectivity index (χ3v) is 4.02. The van der Waals surface area contributed by atoms with Crippen LogP contribution in [0.25, 0.3) is 11.1 Å². The first-order valence-electron chi connectivity index (χ1n) is 7.11. The van der Waals surface area contributed by atoms with Crippen LogP contribution in [0.4, 0.5) is 23.2 Å². The molecule has 8 heteroatoms. The summed E-state index contributed by atoms with van der Waals surface area (Å²) in [6, 6.07) is 5.34. The van der Waals surface area contributed by atoms with Gasteiger partial charge in [0.2, 0.25) is 0 Å². The minimum absolute atomic E-state index is 0.143. The molecule has 0 saturated heterocycles. The van der Waals surface area contributed by atoms with Gasteiger partial charge >= 0.3 is 6.18 Å². The average Bonchev–Trinajstić information content (AvgIpc) is 2.52. The molecule has 0 amide bonds. The fourth-order valence-corrected chi connectivity index (χ4v) is 2.81. The van der Waals surface area contributed by atoms with Crippen LogP contribution in [0.5, 0.6) is 5.75 Å². The van der Waals surface area contributed by atoms with E-state index in [1.807, 2.05) is 0 Å². The molecular formula is C16H13ClF4N2O. The number of hydrogen-bond acceptors (Lipinski definition) is 3. The molecule has 0 saturated carbocycles. The predicted octanol–water partition coefficient (Wildman–Crippen LogP) is 4.30. The lowest BCUT2D eigenvalue weighted by Crippen LogP contribution is -2.37. The van der Waals surface area contributed by atoms with Crippen LogP contribution in [0.2, 0.25) is 5.02 Å². The van der Waals surface area contributed by atoms with E-state index in [0.29, 0.717) is 18.0 Å². The number of hydrogen-bond donors (Lipinski definition) is 2. The highest BCUT2D eigenvalue weighted by atomic mass is 35.5. The van der Waals surface area contributed by atoms with E-state index in [-0.39, 0.29) is 28.8 Å². The van der Waals surface area contributed by atoms with Crippen LogP contribution in [-0.2, 0) is 6.18 Å². The Morgan fingerprint density at radius 1 is 1.21 bits per heavy atom. The Morgan fingerprint density at radius 2 is 1.96 bits per heavy atom. The number of nitrogens with two attached hydrogens (primary N) is 1. The Bertz CT molecular complexity index is 779.